The van der Waals surface area contributed by atoms with E-state index in [1.807, 2.05) is 62.5 Å². The van der Waals surface area contributed by atoms with Crippen LogP contribution in [0.15, 0.2) is 96.7 Å². The Balaban J connectivity index is 1.20. The molecule has 0 aromatic rings. The van der Waals surface area contributed by atoms with Crippen LogP contribution in [0, 0.1) is 17.8 Å². The molecule has 7 aliphatic heterocycles. The fraction of sp³-hybridized carbons (Fsp3) is 0.660. The molecule has 7 bridgehead atoms. The summed E-state index contributed by atoms with van der Waals surface area (Å²) in [4.78, 5) is 24.1. The lowest BCUT2D eigenvalue weighted by molar-refractivity contribution is -0.309. The zero-order chi connectivity index (χ0) is 48.7. The van der Waals surface area contributed by atoms with E-state index in [4.69, 9.17) is 38.3 Å². The van der Waals surface area contributed by atoms with Crippen molar-refractivity contribution in [2.24, 2.45) is 17.8 Å². The van der Waals surface area contributed by atoms with Crippen LogP contribution in [0.5, 0.6) is 0 Å². The molecule has 4 fully saturated rings. The topological polar surface area (TPSA) is 220 Å². The highest BCUT2D eigenvalue weighted by molar-refractivity contribution is 5.82. The highest BCUT2D eigenvalue weighted by Gasteiger charge is 2.47. The Hall–Kier alpha value is -3.58. The molecule has 7 rings (SSSR count). The number of hydrogen-bond donors (Lipinski definition) is 6. The van der Waals surface area contributed by atoms with E-state index in [0.29, 0.717) is 44.9 Å². The first-order chi connectivity index (χ1) is 32.7. The second-order valence-corrected chi connectivity index (χ2v) is 19.4. The number of hydrogen-bond acceptors (Lipinski definition) is 14. The molecule has 0 aromatic heterocycles. The van der Waals surface area contributed by atoms with Crippen LogP contribution >= 0.6 is 0 Å². The van der Waals surface area contributed by atoms with Crippen molar-refractivity contribution in [3.05, 3.63) is 96.7 Å². The van der Waals surface area contributed by atoms with Crippen LogP contribution in [-0.2, 0) is 42.7 Å². The maximum Gasteiger partial charge on any atom is 0.331 e. The summed E-state index contributed by atoms with van der Waals surface area (Å²) in [5, 5.41) is 61.9. The Morgan fingerprint density at radius 1 is 0.750 bits per heavy atom. The fourth-order valence-corrected chi connectivity index (χ4v) is 9.84. The largest absolute Gasteiger partial charge is 0.481 e. The second-order valence-electron chi connectivity index (χ2n) is 19.4. The van der Waals surface area contributed by atoms with E-state index in [1.54, 1.807) is 12.2 Å². The average Bonchev–Trinajstić information content (AvgIpc) is 3.66. The van der Waals surface area contributed by atoms with Crippen LogP contribution in [0.25, 0.3) is 0 Å². The van der Waals surface area contributed by atoms with E-state index in [2.05, 4.69) is 38.2 Å². The van der Waals surface area contributed by atoms with Crippen LogP contribution in [0.3, 0.4) is 0 Å². The van der Waals surface area contributed by atoms with Gasteiger partial charge in [0.25, 0.3) is 0 Å². The van der Waals surface area contributed by atoms with Crippen molar-refractivity contribution in [3.63, 3.8) is 0 Å². The summed E-state index contributed by atoms with van der Waals surface area (Å²) in [6.07, 6.45) is 23.5. The summed E-state index contributed by atoms with van der Waals surface area (Å²) >= 11 is 0. The summed E-state index contributed by atoms with van der Waals surface area (Å²) in [7, 11) is 0. The minimum atomic E-state index is -1.60. The van der Waals surface area contributed by atoms with Gasteiger partial charge < -0.3 is 63.8 Å². The number of aliphatic hydroxyl groups is 5. The second kappa shape index (κ2) is 26.6. The number of allylic oxidation sites excluding steroid dienone is 7. The minimum absolute atomic E-state index is 0.0221. The van der Waals surface area contributed by atoms with Gasteiger partial charge in [0.05, 0.1) is 55.4 Å². The van der Waals surface area contributed by atoms with Crippen molar-refractivity contribution in [2.45, 2.75) is 196 Å². The molecule has 7 aliphatic rings. The SMILES string of the molecule is CC(=C[C@H](C)CCCCC(=O)O)[C@@H]1O[C@@H]2C=C[C@@H]1OC(=O)/C=C/C=CC=C[C@@H]1O[C@@H]3C[C@@H]1O[C@H](C=CC[C@H]1O[C@@H](C[C@H](O[C@@H]4O[C@@H](CO)[C@@H](O)[C@H](O)[C@@H]4O)/C=C/CC/C=C/C2)C[C@H](O)[C@H]1C)[C@H]3C. The highest BCUT2D eigenvalue weighted by Crippen LogP contribution is 2.39. The molecule has 0 radical (unpaired) electrons. The van der Waals surface area contributed by atoms with Crippen LogP contribution in [0.2, 0.25) is 0 Å². The average molecular weight is 953 g/mol. The molecule has 0 aromatic carbocycles. The summed E-state index contributed by atoms with van der Waals surface area (Å²) in [5.41, 5.74) is 0.922. The summed E-state index contributed by atoms with van der Waals surface area (Å²) < 4.78 is 44.1. The quantitative estimate of drug-likeness (QED) is 0.0886. The fourth-order valence-electron chi connectivity index (χ4n) is 9.84. The van der Waals surface area contributed by atoms with E-state index in [0.717, 1.165) is 24.8 Å². The summed E-state index contributed by atoms with van der Waals surface area (Å²) in [5.74, 6) is -1.18. The van der Waals surface area contributed by atoms with Crippen LogP contribution < -0.4 is 0 Å². The van der Waals surface area contributed by atoms with Gasteiger partial charge in [0.1, 0.15) is 36.6 Å². The normalized spacial score (nSPS) is 41.7. The first-order valence-electron chi connectivity index (χ1n) is 24.7. The number of carboxylic acids is 1. The number of ether oxygens (including phenoxy) is 7. The van der Waals surface area contributed by atoms with Crippen molar-refractivity contribution in [1.29, 1.82) is 0 Å². The van der Waals surface area contributed by atoms with Crippen LogP contribution in [-0.4, -0.2) is 147 Å². The Labute approximate surface area is 401 Å². The Morgan fingerprint density at radius 2 is 1.53 bits per heavy atom. The van der Waals surface area contributed by atoms with Gasteiger partial charge in [0.2, 0.25) is 0 Å². The standard InChI is InChI=1S/C53H76O15/c1-32(17-14-15-23-47(56)57)27-33(2)52-43-26-25-36(63-52)18-10-6-5-7-11-19-37(64-53-51(61)50(60)49(59)46(31-54)68-53)28-38-29-39(55)34(3)40(62-38)21-16-22-41-35(4)44-30-45(65-41)42(66-44)20-12-8-9-13-24-48(58)67-43/h6,8-13,16,19-20,22,24-27,32,34-46,49-55,59-61H,5,7,14-15,17-18,21,23,28-31H2,1-4H3,(H,56,57)/b9-8?,10-6+,19-11+,20-12?,22-16?,24-13+,33-27?/t32-,34-,35-,36+,37-,38+,39+,40-,41-,42+,43+,44-,45+,46+,49-,50+,51+,52+,53-/m1/s1. The number of rotatable bonds is 10. The van der Waals surface area contributed by atoms with Crippen LogP contribution in [0.4, 0.5) is 0 Å². The molecule has 68 heavy (non-hydrogen) atoms. The monoisotopic (exact) mass is 953 g/mol. The van der Waals surface area contributed by atoms with Gasteiger partial charge in [-0.15, -0.1) is 0 Å². The van der Waals surface area contributed by atoms with Gasteiger partial charge in [-0.3, -0.25) is 4.79 Å². The maximum atomic E-state index is 13.1. The van der Waals surface area contributed by atoms with E-state index < -0.39 is 79.8 Å². The molecule has 15 heteroatoms. The lowest BCUT2D eigenvalue weighted by Gasteiger charge is -2.42. The molecule has 0 saturated carbocycles. The van der Waals surface area contributed by atoms with E-state index >= 15 is 0 Å². The number of carbonyl (C=O) groups excluding carboxylic acids is 1. The lowest BCUT2D eigenvalue weighted by atomic mass is 9.86. The molecule has 0 aliphatic carbocycles. The van der Waals surface area contributed by atoms with Crippen molar-refractivity contribution in [2.75, 3.05) is 6.61 Å². The number of aliphatic carboxylic acids is 1. The number of carbonyl (C=O) groups is 2. The summed E-state index contributed by atoms with van der Waals surface area (Å²) in [6, 6.07) is 0. The molecular formula is C53H76O15. The Morgan fingerprint density at radius 3 is 2.32 bits per heavy atom. The molecule has 7 heterocycles. The van der Waals surface area contributed by atoms with Gasteiger partial charge in [-0.2, -0.15) is 0 Å². The molecule has 378 valence electrons. The molecular weight excluding hydrogens is 877 g/mol. The van der Waals surface area contributed by atoms with Crippen LogP contribution in [0.1, 0.15) is 98.3 Å². The number of fused-ring (bicyclic) bond motifs is 13. The highest BCUT2D eigenvalue weighted by atomic mass is 16.7. The third-order valence-corrected chi connectivity index (χ3v) is 13.9. The Bertz CT molecular complexity index is 1850. The summed E-state index contributed by atoms with van der Waals surface area (Å²) in [6.45, 7) is 7.57. The molecule has 4 saturated heterocycles. The minimum Gasteiger partial charge on any atom is -0.481 e. The predicted octanol–water partition coefficient (Wildman–Crippen LogP) is 5.65. The van der Waals surface area contributed by atoms with Gasteiger partial charge in [0.15, 0.2) is 12.4 Å². The maximum absolute atomic E-state index is 13.1. The van der Waals surface area contributed by atoms with Crippen molar-refractivity contribution >= 4 is 11.9 Å². The lowest BCUT2D eigenvalue weighted by Crippen LogP contribution is -2.59. The van der Waals surface area contributed by atoms with Crippen molar-refractivity contribution in [1.82, 2.24) is 0 Å². The molecule has 0 unspecified atom stereocenters. The smallest absolute Gasteiger partial charge is 0.331 e. The van der Waals surface area contributed by atoms with Gasteiger partial charge >= 0.3 is 11.9 Å². The van der Waals surface area contributed by atoms with Gasteiger partial charge in [0, 0.05) is 37.2 Å². The zero-order valence-electron chi connectivity index (χ0n) is 40.0. The van der Waals surface area contributed by atoms with Gasteiger partial charge in [-0.25, -0.2) is 4.79 Å². The van der Waals surface area contributed by atoms with E-state index in [-0.39, 0.29) is 60.8 Å². The number of carboxylic acid groups (broad SMARTS) is 1. The van der Waals surface area contributed by atoms with Crippen molar-refractivity contribution < 1.29 is 73.4 Å². The van der Waals surface area contributed by atoms with Gasteiger partial charge in [-0.05, 0) is 69.4 Å². The molecule has 15 nitrogen and oxygen atoms in total. The third-order valence-electron chi connectivity index (χ3n) is 13.9. The molecule has 6 N–H and O–H groups in total. The number of esters is 1. The van der Waals surface area contributed by atoms with Gasteiger partial charge in [-0.1, -0.05) is 106 Å². The predicted molar refractivity (Wildman–Crippen MR) is 253 cm³/mol. The zero-order valence-corrected chi connectivity index (χ0v) is 40.0. The Kier molecular flexibility index (Phi) is 21.0. The first kappa shape index (κ1) is 53.8. The number of unbranched alkanes of at least 4 members (excludes halogenated alkanes) is 1. The molecule has 0 amide bonds. The number of aliphatic hydroxyl groups excluding tert-OH is 5. The third kappa shape index (κ3) is 15.5. The van der Waals surface area contributed by atoms with E-state index in [1.165, 1.54) is 6.08 Å². The van der Waals surface area contributed by atoms with Crippen molar-refractivity contribution in [3.8, 4) is 0 Å². The first-order valence-corrected chi connectivity index (χ1v) is 24.7. The van der Waals surface area contributed by atoms with E-state index in [9.17, 15) is 35.1 Å². The molecule has 19 atom stereocenters. The molecule has 0 spiro atoms.